The van der Waals surface area contributed by atoms with E-state index in [2.05, 4.69) is 16.3 Å². The molecule has 5 rings (SSSR count). The number of carbonyl (C=O) groups excluding carboxylic acids is 2. The molecule has 2 heterocycles. The summed E-state index contributed by atoms with van der Waals surface area (Å²) in [4.78, 5) is 63.0. The number of hydrogen-bond acceptors (Lipinski definition) is 9. The van der Waals surface area contributed by atoms with Gasteiger partial charge in [-0.1, -0.05) is 53.5 Å². The number of fused-ring (bicyclic) bond motifs is 1. The largest absolute Gasteiger partial charge is 0.495 e. The van der Waals surface area contributed by atoms with Crippen molar-refractivity contribution in [3.8, 4) is 11.8 Å². The smallest absolute Gasteiger partial charge is 0.336 e. The van der Waals surface area contributed by atoms with Gasteiger partial charge < -0.3 is 45.2 Å². The molecule has 1 atom stereocenters. The number of carboxylic acids is 3. The highest BCUT2D eigenvalue weighted by Crippen LogP contribution is 2.34. The Bertz CT molecular complexity index is 1970. The number of amides is 3. The molecule has 2 aliphatic rings. The molecule has 0 radical (unpaired) electrons. The number of nitrogens with zero attached hydrogens (tertiary/aromatic N) is 4. The van der Waals surface area contributed by atoms with Crippen LogP contribution in [0.25, 0.3) is 10.8 Å². The average Bonchev–Trinajstić information content (AvgIpc) is 3.16. The van der Waals surface area contributed by atoms with E-state index < -0.39 is 36.4 Å². The van der Waals surface area contributed by atoms with Gasteiger partial charge in [-0.15, -0.1) is 0 Å². The zero-order valence-corrected chi connectivity index (χ0v) is 32.6. The van der Waals surface area contributed by atoms with E-state index in [-0.39, 0.29) is 29.6 Å². The molecule has 17 heteroatoms. The minimum atomic E-state index is -2.74. The van der Waals surface area contributed by atoms with Crippen LogP contribution < -0.4 is 10.1 Å². The number of likely N-dealkylation sites (N-methyl/N-ethyl adjacent to an activating group) is 1. The fraction of sp³-hybridized carbons (Fsp3) is 0.436. The number of carbonyl (C=O) groups is 5. The van der Waals surface area contributed by atoms with E-state index in [1.54, 1.807) is 24.1 Å². The predicted molar refractivity (Wildman–Crippen MR) is 207 cm³/mol. The van der Waals surface area contributed by atoms with Crippen molar-refractivity contribution in [1.29, 1.82) is 5.26 Å². The standard InChI is InChI=1S/C33H37Cl2N5O3.C6H8O7/c1-38(32(41)30-27-7-4-3-6-23(27)18-25(20-36)31(30)43-2)21-24(22-8-9-28(34)29(35)19-22)10-15-39-16-11-26(12-17-39)40-14-5-13-37-33(40)42;7-3(8)1-6(13,5(11)12)2-4(9)10/h3-4,6-9,18-19,24,26H,5,10-17,21H2,1-2H3,(H,37,42);13H,1-2H2,(H,7,8)(H,9,10)(H,11,12). The van der Waals surface area contributed by atoms with Crippen LogP contribution in [-0.4, -0.2) is 130 Å². The number of benzene rings is 3. The highest BCUT2D eigenvalue weighted by Gasteiger charge is 2.41. The zero-order chi connectivity index (χ0) is 41.2. The molecule has 15 nitrogen and oxygen atoms in total. The molecule has 0 bridgehead atoms. The number of urea groups is 1. The molecule has 56 heavy (non-hydrogen) atoms. The Hall–Kier alpha value is -5.14. The third-order valence-electron chi connectivity index (χ3n) is 9.99. The summed E-state index contributed by atoms with van der Waals surface area (Å²) in [6.45, 7) is 4.71. The first-order chi connectivity index (χ1) is 26.6. The Labute approximate surface area is 333 Å². The van der Waals surface area contributed by atoms with Crippen LogP contribution in [0.1, 0.15) is 65.9 Å². The van der Waals surface area contributed by atoms with Gasteiger partial charge in [-0.25, -0.2) is 9.59 Å². The van der Waals surface area contributed by atoms with Crippen molar-refractivity contribution in [1.82, 2.24) is 20.0 Å². The van der Waals surface area contributed by atoms with Gasteiger partial charge in [0.05, 0.1) is 41.1 Å². The molecule has 0 aliphatic carbocycles. The van der Waals surface area contributed by atoms with Crippen LogP contribution in [-0.2, 0) is 14.4 Å². The minimum absolute atomic E-state index is 0.00859. The lowest BCUT2D eigenvalue weighted by atomic mass is 9.93. The van der Waals surface area contributed by atoms with Crippen LogP contribution >= 0.6 is 23.2 Å². The maximum atomic E-state index is 14.1. The molecular weight excluding hydrogens is 769 g/mol. The van der Waals surface area contributed by atoms with Gasteiger partial charge >= 0.3 is 23.9 Å². The first kappa shape index (κ1) is 43.6. The van der Waals surface area contributed by atoms with Crippen LogP contribution in [0.15, 0.2) is 48.5 Å². The van der Waals surface area contributed by atoms with E-state index in [0.717, 1.165) is 74.7 Å². The Morgan fingerprint density at radius 3 is 2.25 bits per heavy atom. The second-order valence-corrected chi connectivity index (χ2v) is 14.7. The van der Waals surface area contributed by atoms with Crippen LogP contribution in [0.5, 0.6) is 5.75 Å². The van der Waals surface area contributed by atoms with Gasteiger partial charge in [-0.3, -0.25) is 14.4 Å². The summed E-state index contributed by atoms with van der Waals surface area (Å²) in [7, 11) is 3.27. The second-order valence-electron chi connectivity index (χ2n) is 13.8. The van der Waals surface area contributed by atoms with Crippen molar-refractivity contribution in [3.05, 3.63) is 75.3 Å². The number of nitrogens with one attached hydrogen (secondary N) is 1. The number of rotatable bonds is 14. The fourth-order valence-corrected chi connectivity index (χ4v) is 7.38. The third-order valence-corrected chi connectivity index (χ3v) is 10.7. The topological polar surface area (TPSA) is 221 Å². The van der Waals surface area contributed by atoms with Gasteiger partial charge in [0.1, 0.15) is 11.8 Å². The van der Waals surface area contributed by atoms with Crippen molar-refractivity contribution in [2.45, 2.75) is 56.1 Å². The summed E-state index contributed by atoms with van der Waals surface area (Å²) < 4.78 is 5.61. The lowest BCUT2D eigenvalue weighted by Crippen LogP contribution is -2.54. The first-order valence-corrected chi connectivity index (χ1v) is 18.7. The van der Waals surface area contributed by atoms with E-state index >= 15 is 0 Å². The lowest BCUT2D eigenvalue weighted by Gasteiger charge is -2.40. The van der Waals surface area contributed by atoms with Crippen molar-refractivity contribution in [2.75, 3.05) is 53.4 Å². The van der Waals surface area contributed by atoms with Gasteiger partial charge in [0.15, 0.2) is 5.60 Å². The molecule has 5 N–H and O–H groups in total. The number of aliphatic hydroxyl groups is 1. The van der Waals surface area contributed by atoms with Gasteiger partial charge in [0.25, 0.3) is 5.91 Å². The van der Waals surface area contributed by atoms with Gasteiger partial charge in [-0.2, -0.15) is 5.26 Å². The monoisotopic (exact) mass is 813 g/mol. The summed E-state index contributed by atoms with van der Waals surface area (Å²) in [5.41, 5.74) is -1.02. The summed E-state index contributed by atoms with van der Waals surface area (Å²) in [5, 5.41) is 49.1. The van der Waals surface area contributed by atoms with Crippen LogP contribution in [0.2, 0.25) is 10.0 Å². The number of methoxy groups -OCH3 is 1. The molecule has 2 saturated heterocycles. The molecule has 0 spiro atoms. The molecular formula is C39H45Cl2N5O10. The summed E-state index contributed by atoms with van der Waals surface area (Å²) in [6.07, 6.45) is 1.41. The fourth-order valence-electron chi connectivity index (χ4n) is 7.07. The number of carboxylic acid groups (broad SMARTS) is 3. The molecule has 3 amide bonds. The number of piperidine rings is 1. The number of aliphatic carboxylic acids is 3. The van der Waals surface area contributed by atoms with Crippen LogP contribution in [0.4, 0.5) is 4.79 Å². The SMILES string of the molecule is COc1c(C#N)cc2ccccc2c1C(=O)N(C)CC(CCN1CCC(N2CCCNC2=O)CC1)c1ccc(Cl)c(Cl)c1.O=C(O)CC(O)(CC(=O)O)C(=O)O. The number of halogens is 2. The Morgan fingerprint density at radius 1 is 1.02 bits per heavy atom. The number of hydrogen-bond donors (Lipinski definition) is 5. The molecule has 3 aromatic carbocycles. The van der Waals surface area contributed by atoms with E-state index in [9.17, 15) is 29.2 Å². The highest BCUT2D eigenvalue weighted by atomic mass is 35.5. The highest BCUT2D eigenvalue weighted by molar-refractivity contribution is 6.42. The van der Waals surface area contributed by atoms with E-state index in [1.165, 1.54) is 7.11 Å². The number of nitriles is 1. The van der Waals surface area contributed by atoms with Crippen LogP contribution in [0.3, 0.4) is 0 Å². The van der Waals surface area contributed by atoms with Crippen molar-refractivity contribution in [3.63, 3.8) is 0 Å². The maximum Gasteiger partial charge on any atom is 0.336 e. The number of likely N-dealkylation sites (tertiary alicyclic amines) is 1. The molecule has 2 fully saturated rings. The Morgan fingerprint density at radius 2 is 1.68 bits per heavy atom. The summed E-state index contributed by atoms with van der Waals surface area (Å²) >= 11 is 12.7. The molecule has 2 aliphatic heterocycles. The van der Waals surface area contributed by atoms with E-state index in [1.807, 2.05) is 41.3 Å². The summed E-state index contributed by atoms with van der Waals surface area (Å²) in [6, 6.07) is 17.5. The molecule has 3 aromatic rings. The molecule has 0 aromatic heterocycles. The normalized spacial score (nSPS) is 15.5. The zero-order valence-electron chi connectivity index (χ0n) is 31.0. The molecule has 0 saturated carbocycles. The quantitative estimate of drug-likeness (QED) is 0.147. The maximum absolute atomic E-state index is 14.1. The van der Waals surface area contributed by atoms with Gasteiger partial charge in [0.2, 0.25) is 0 Å². The van der Waals surface area contributed by atoms with E-state index in [4.69, 9.17) is 48.4 Å². The molecule has 300 valence electrons. The average molecular weight is 815 g/mol. The third kappa shape index (κ3) is 11.0. The van der Waals surface area contributed by atoms with Crippen LogP contribution in [0, 0.1) is 11.3 Å². The Kier molecular flexibility index (Phi) is 15.3. The lowest BCUT2D eigenvalue weighted by molar-refractivity contribution is -0.170. The van der Waals surface area contributed by atoms with Gasteiger partial charge in [0, 0.05) is 51.7 Å². The Balaban J connectivity index is 0.000000460. The second kappa shape index (κ2) is 19.6. The van der Waals surface area contributed by atoms with E-state index in [0.29, 0.717) is 27.7 Å². The summed E-state index contributed by atoms with van der Waals surface area (Å²) in [5.74, 6) is -4.95. The predicted octanol–water partition coefficient (Wildman–Crippen LogP) is 4.90. The van der Waals surface area contributed by atoms with Crippen molar-refractivity contribution in [2.24, 2.45) is 0 Å². The minimum Gasteiger partial charge on any atom is -0.495 e. The first-order valence-electron chi connectivity index (χ1n) is 17.9. The van der Waals surface area contributed by atoms with Crippen molar-refractivity contribution >= 4 is 63.8 Å². The molecule has 1 unspecified atom stereocenters. The number of ether oxygens (including phenoxy) is 1. The van der Waals surface area contributed by atoms with Crippen molar-refractivity contribution < 1.29 is 49.1 Å². The van der Waals surface area contributed by atoms with Gasteiger partial charge in [-0.05, 0) is 66.8 Å².